The van der Waals surface area contributed by atoms with Crippen molar-refractivity contribution < 1.29 is 27.4 Å². The lowest BCUT2D eigenvalue weighted by Gasteiger charge is -2.35. The Bertz CT molecular complexity index is 1200. The van der Waals surface area contributed by atoms with Crippen LogP contribution in [0.4, 0.5) is 29.5 Å². The van der Waals surface area contributed by atoms with E-state index in [9.17, 15) is 18.0 Å². The Morgan fingerprint density at radius 3 is 2.08 bits per heavy atom. The van der Waals surface area contributed by atoms with Crippen LogP contribution < -0.4 is 19.7 Å². The summed E-state index contributed by atoms with van der Waals surface area (Å²) in [5.74, 6) is 2.15. The molecule has 2 amide bonds. The minimum atomic E-state index is -4.40. The van der Waals surface area contributed by atoms with Gasteiger partial charge in [-0.3, -0.25) is 0 Å². The number of amides is 2. The molecule has 0 radical (unpaired) electrons. The standard InChI is InChI=1S/C25H26F3N5O3/c1-16-12-22(31-23(29-16)17-4-6-18(7-5-17)25(26,27)28)32-8-10-33(11-9-32)24(34)30-19-13-20(35-2)15-21(14-19)36-3/h4-7,12-15H,8-11H2,1-3H3,(H,30,34). The quantitative estimate of drug-likeness (QED) is 0.539. The van der Waals surface area contributed by atoms with Gasteiger partial charge in [-0.15, -0.1) is 0 Å². The molecular formula is C25H26F3N5O3. The minimum absolute atomic E-state index is 0.241. The lowest BCUT2D eigenvalue weighted by atomic mass is 10.1. The number of halogens is 3. The highest BCUT2D eigenvalue weighted by Gasteiger charge is 2.30. The molecule has 0 aliphatic carbocycles. The second-order valence-electron chi connectivity index (χ2n) is 8.27. The number of benzene rings is 2. The summed E-state index contributed by atoms with van der Waals surface area (Å²) in [5, 5.41) is 2.87. The van der Waals surface area contributed by atoms with Crippen LogP contribution in [0, 0.1) is 6.92 Å². The van der Waals surface area contributed by atoms with Gasteiger partial charge in [0.2, 0.25) is 0 Å². The van der Waals surface area contributed by atoms with E-state index < -0.39 is 11.7 Å². The highest BCUT2D eigenvalue weighted by Crippen LogP contribution is 2.31. The number of piperazine rings is 1. The predicted octanol–water partition coefficient (Wildman–Crippen LogP) is 4.84. The SMILES string of the molecule is COc1cc(NC(=O)N2CCN(c3cc(C)nc(-c4ccc(C(F)(F)F)cc4)n3)CC2)cc(OC)c1. The molecule has 1 aliphatic heterocycles. The molecule has 4 rings (SSSR count). The van der Waals surface area contributed by atoms with E-state index in [-0.39, 0.29) is 6.03 Å². The smallest absolute Gasteiger partial charge is 0.416 e. The number of aryl methyl sites for hydroxylation is 1. The van der Waals surface area contributed by atoms with Crippen molar-refractivity contribution in [1.82, 2.24) is 14.9 Å². The molecule has 0 spiro atoms. The average Bonchev–Trinajstić information content (AvgIpc) is 2.87. The molecule has 1 aliphatic rings. The first kappa shape index (κ1) is 25.1. The van der Waals surface area contributed by atoms with Gasteiger partial charge >= 0.3 is 12.2 Å². The molecule has 0 bridgehead atoms. The first-order chi connectivity index (χ1) is 17.2. The Kier molecular flexibility index (Phi) is 7.18. The number of nitrogens with zero attached hydrogens (tertiary/aromatic N) is 4. The zero-order valence-corrected chi connectivity index (χ0v) is 20.1. The third-order valence-electron chi connectivity index (χ3n) is 5.80. The molecule has 1 saturated heterocycles. The number of alkyl halides is 3. The van der Waals surface area contributed by atoms with Crippen LogP contribution in [0.3, 0.4) is 0 Å². The van der Waals surface area contributed by atoms with E-state index in [2.05, 4.69) is 15.3 Å². The van der Waals surface area contributed by atoms with Gasteiger partial charge in [0.05, 0.1) is 19.8 Å². The molecule has 2 aromatic carbocycles. The van der Waals surface area contributed by atoms with Gasteiger partial charge in [0.15, 0.2) is 5.82 Å². The summed E-state index contributed by atoms with van der Waals surface area (Å²) >= 11 is 0. The average molecular weight is 502 g/mol. The summed E-state index contributed by atoms with van der Waals surface area (Å²) < 4.78 is 49.2. The van der Waals surface area contributed by atoms with Crippen molar-refractivity contribution in [3.63, 3.8) is 0 Å². The lowest BCUT2D eigenvalue weighted by molar-refractivity contribution is -0.137. The molecule has 0 unspecified atom stereocenters. The van der Waals surface area contributed by atoms with Crippen LogP contribution >= 0.6 is 0 Å². The van der Waals surface area contributed by atoms with Crippen molar-refractivity contribution >= 4 is 17.5 Å². The number of methoxy groups -OCH3 is 2. The Hall–Kier alpha value is -4.02. The zero-order chi connectivity index (χ0) is 25.9. The third kappa shape index (κ3) is 5.78. The van der Waals surface area contributed by atoms with Crippen molar-refractivity contribution in [2.24, 2.45) is 0 Å². The van der Waals surface area contributed by atoms with E-state index in [1.54, 1.807) is 23.1 Å². The zero-order valence-electron chi connectivity index (χ0n) is 20.1. The van der Waals surface area contributed by atoms with E-state index in [1.807, 2.05) is 17.9 Å². The molecule has 1 N–H and O–H groups in total. The van der Waals surface area contributed by atoms with Gasteiger partial charge in [-0.1, -0.05) is 12.1 Å². The summed E-state index contributed by atoms with van der Waals surface area (Å²) in [6.45, 7) is 3.82. The maximum atomic E-state index is 12.9. The molecule has 2 heterocycles. The largest absolute Gasteiger partial charge is 0.497 e. The van der Waals surface area contributed by atoms with Gasteiger partial charge in [-0.05, 0) is 19.1 Å². The van der Waals surface area contributed by atoms with E-state index in [4.69, 9.17) is 9.47 Å². The molecule has 0 saturated carbocycles. The van der Waals surface area contributed by atoms with Gasteiger partial charge in [-0.2, -0.15) is 13.2 Å². The Morgan fingerprint density at radius 2 is 1.53 bits per heavy atom. The van der Waals surface area contributed by atoms with Crippen molar-refractivity contribution in [2.75, 3.05) is 50.6 Å². The molecule has 1 fully saturated rings. The molecular weight excluding hydrogens is 475 g/mol. The minimum Gasteiger partial charge on any atom is -0.497 e. The molecule has 11 heteroatoms. The molecule has 3 aromatic rings. The second-order valence-corrected chi connectivity index (χ2v) is 8.27. The van der Waals surface area contributed by atoms with Crippen LogP contribution in [0.15, 0.2) is 48.5 Å². The second kappa shape index (κ2) is 10.3. The Labute approximate surface area is 206 Å². The number of nitrogens with one attached hydrogen (secondary N) is 1. The fourth-order valence-corrected chi connectivity index (χ4v) is 3.87. The number of aromatic nitrogens is 2. The first-order valence-electron chi connectivity index (χ1n) is 11.2. The molecule has 0 atom stereocenters. The monoisotopic (exact) mass is 501 g/mol. The summed E-state index contributed by atoms with van der Waals surface area (Å²) in [4.78, 5) is 25.5. The van der Waals surface area contributed by atoms with Gasteiger partial charge in [-0.25, -0.2) is 14.8 Å². The van der Waals surface area contributed by atoms with Crippen molar-refractivity contribution in [1.29, 1.82) is 0 Å². The summed E-state index contributed by atoms with van der Waals surface area (Å²) in [6, 6.07) is 11.5. The summed E-state index contributed by atoms with van der Waals surface area (Å²) in [5.41, 5.74) is 1.04. The van der Waals surface area contributed by atoms with Crippen LogP contribution in [0.25, 0.3) is 11.4 Å². The van der Waals surface area contributed by atoms with Crippen LogP contribution in [0.5, 0.6) is 11.5 Å². The number of carbonyl (C=O) groups excluding carboxylic acids is 1. The van der Waals surface area contributed by atoms with Crippen LogP contribution in [0.1, 0.15) is 11.3 Å². The lowest BCUT2D eigenvalue weighted by Crippen LogP contribution is -2.50. The number of ether oxygens (including phenoxy) is 2. The first-order valence-corrected chi connectivity index (χ1v) is 11.2. The van der Waals surface area contributed by atoms with Crippen molar-refractivity contribution in [3.8, 4) is 22.9 Å². The predicted molar refractivity (Wildman–Crippen MR) is 130 cm³/mol. The fourth-order valence-electron chi connectivity index (χ4n) is 3.87. The van der Waals surface area contributed by atoms with Crippen LogP contribution in [0.2, 0.25) is 0 Å². The Balaban J connectivity index is 1.42. The highest BCUT2D eigenvalue weighted by molar-refractivity contribution is 5.90. The van der Waals surface area contributed by atoms with Gasteiger partial charge in [0, 0.05) is 67.4 Å². The van der Waals surface area contributed by atoms with Gasteiger partial charge in [0.1, 0.15) is 17.3 Å². The normalized spacial score (nSPS) is 13.9. The molecule has 1 aromatic heterocycles. The summed E-state index contributed by atoms with van der Waals surface area (Å²) in [6.07, 6.45) is -4.40. The molecule has 36 heavy (non-hydrogen) atoms. The molecule has 190 valence electrons. The van der Waals surface area contributed by atoms with Crippen molar-refractivity contribution in [3.05, 3.63) is 59.8 Å². The number of carbonyl (C=O) groups is 1. The maximum Gasteiger partial charge on any atom is 0.416 e. The topological polar surface area (TPSA) is 79.8 Å². The van der Waals surface area contributed by atoms with Gasteiger partial charge < -0.3 is 24.6 Å². The number of hydrogen-bond acceptors (Lipinski definition) is 6. The number of urea groups is 1. The van der Waals surface area contributed by atoms with E-state index in [0.29, 0.717) is 66.3 Å². The van der Waals surface area contributed by atoms with Crippen LogP contribution in [-0.4, -0.2) is 61.3 Å². The number of hydrogen-bond donors (Lipinski definition) is 1. The van der Waals surface area contributed by atoms with Crippen LogP contribution in [-0.2, 0) is 6.18 Å². The maximum absolute atomic E-state index is 12.9. The summed E-state index contributed by atoms with van der Waals surface area (Å²) in [7, 11) is 3.08. The van der Waals surface area contributed by atoms with E-state index in [1.165, 1.54) is 26.4 Å². The highest BCUT2D eigenvalue weighted by atomic mass is 19.4. The van der Waals surface area contributed by atoms with E-state index >= 15 is 0 Å². The van der Waals surface area contributed by atoms with E-state index in [0.717, 1.165) is 12.1 Å². The van der Waals surface area contributed by atoms with Crippen molar-refractivity contribution in [2.45, 2.75) is 13.1 Å². The third-order valence-corrected chi connectivity index (χ3v) is 5.80. The number of rotatable bonds is 5. The number of anilines is 2. The van der Waals surface area contributed by atoms with Gasteiger partial charge in [0.25, 0.3) is 0 Å². The fraction of sp³-hybridized carbons (Fsp3) is 0.320. The molecule has 8 nitrogen and oxygen atoms in total. The Morgan fingerprint density at radius 1 is 0.917 bits per heavy atom.